The summed E-state index contributed by atoms with van der Waals surface area (Å²) < 4.78 is 0. The minimum Gasteiger partial charge on any atom is -0.349 e. The van der Waals surface area contributed by atoms with E-state index in [2.05, 4.69) is 17.1 Å². The third-order valence-electron chi connectivity index (χ3n) is 5.88. The number of nitrogens with zero attached hydrogens (tertiary/aromatic N) is 2. The largest absolute Gasteiger partial charge is 0.349 e. The molecule has 2 fully saturated rings. The lowest BCUT2D eigenvalue weighted by Gasteiger charge is -2.36. The number of aromatic nitrogens is 1. The van der Waals surface area contributed by atoms with Crippen LogP contribution in [0.5, 0.6) is 0 Å². The zero-order valence-electron chi connectivity index (χ0n) is 17.2. The van der Waals surface area contributed by atoms with E-state index in [1.807, 2.05) is 37.3 Å². The van der Waals surface area contributed by atoms with Crippen molar-refractivity contribution in [2.24, 2.45) is 0 Å². The number of fused-ring (bicyclic) bond motifs is 1. The monoisotopic (exact) mass is 411 g/mol. The second kappa shape index (κ2) is 8.74. The number of rotatable bonds is 6. The van der Waals surface area contributed by atoms with Gasteiger partial charge >= 0.3 is 0 Å². The van der Waals surface area contributed by atoms with Crippen molar-refractivity contribution in [2.45, 2.75) is 74.7 Å². The van der Waals surface area contributed by atoms with Crippen molar-refractivity contribution in [1.29, 1.82) is 0 Å². The van der Waals surface area contributed by atoms with Crippen LogP contribution in [0.4, 0.5) is 0 Å². The number of hydrogen-bond donors (Lipinski definition) is 1. The highest BCUT2D eigenvalue weighted by molar-refractivity contribution is 8.00. The van der Waals surface area contributed by atoms with Crippen molar-refractivity contribution in [2.75, 3.05) is 6.54 Å². The highest BCUT2D eigenvalue weighted by Gasteiger charge is 2.30. The molecule has 0 bridgehead atoms. The van der Waals surface area contributed by atoms with Crippen molar-refractivity contribution in [3.05, 3.63) is 35.9 Å². The predicted octanol–water partition coefficient (Wildman–Crippen LogP) is 4.40. The number of benzene rings is 1. The van der Waals surface area contributed by atoms with Crippen LogP contribution in [0.1, 0.15) is 62.7 Å². The van der Waals surface area contributed by atoms with Crippen LogP contribution in [-0.2, 0) is 4.79 Å². The summed E-state index contributed by atoms with van der Waals surface area (Å²) in [5, 5.41) is 4.44. The van der Waals surface area contributed by atoms with Gasteiger partial charge in [-0.25, -0.2) is 4.98 Å². The minimum atomic E-state index is -0.227. The van der Waals surface area contributed by atoms with Crippen molar-refractivity contribution in [3.8, 4) is 0 Å². The summed E-state index contributed by atoms with van der Waals surface area (Å²) in [6.07, 6.45) is 6.49. The zero-order valence-corrected chi connectivity index (χ0v) is 18.0. The van der Waals surface area contributed by atoms with Crippen LogP contribution in [-0.4, -0.2) is 45.6 Å². The van der Waals surface area contributed by atoms with Gasteiger partial charge in [-0.1, -0.05) is 36.9 Å². The molecule has 1 aliphatic heterocycles. The Morgan fingerprint density at radius 2 is 2.03 bits per heavy atom. The lowest BCUT2D eigenvalue weighted by molar-refractivity contribution is -0.134. The molecule has 1 aromatic carbocycles. The Kier molecular flexibility index (Phi) is 6.09. The topological polar surface area (TPSA) is 62.3 Å². The van der Waals surface area contributed by atoms with Crippen LogP contribution in [0.15, 0.2) is 35.4 Å². The Labute approximate surface area is 176 Å². The molecule has 4 rings (SSSR count). The molecule has 2 aliphatic rings. The van der Waals surface area contributed by atoms with E-state index in [4.69, 9.17) is 4.98 Å². The number of carbonyl (C=O) groups is 2. The standard InChI is InChI=1S/C23H29N3O2S/c1-3-17-8-6-7-13-26(17)23(28)15(2)29-21-14-19(22(27)24-16-11-12-16)18-9-4-5-10-20(18)25-21/h4-5,9-10,14-17H,3,6-8,11-13H2,1-2H3,(H,24,27)/t15-,17-/m1/s1. The molecule has 1 aliphatic carbocycles. The summed E-state index contributed by atoms with van der Waals surface area (Å²) in [7, 11) is 0. The number of piperidine rings is 1. The molecule has 2 atom stereocenters. The van der Waals surface area contributed by atoms with Gasteiger partial charge in [-0.15, -0.1) is 0 Å². The van der Waals surface area contributed by atoms with Crippen LogP contribution < -0.4 is 5.32 Å². The molecular formula is C23H29N3O2S. The molecule has 1 saturated carbocycles. The van der Waals surface area contributed by atoms with E-state index >= 15 is 0 Å². The summed E-state index contributed by atoms with van der Waals surface area (Å²) in [4.78, 5) is 32.7. The number of hydrogen-bond acceptors (Lipinski definition) is 4. The quantitative estimate of drug-likeness (QED) is 0.716. The Hall–Kier alpha value is -2.08. The van der Waals surface area contributed by atoms with Gasteiger partial charge in [-0.2, -0.15) is 0 Å². The summed E-state index contributed by atoms with van der Waals surface area (Å²) in [5.41, 5.74) is 1.44. The van der Waals surface area contributed by atoms with Gasteiger partial charge in [-0.05, 0) is 57.6 Å². The van der Waals surface area contributed by atoms with E-state index in [0.29, 0.717) is 17.6 Å². The maximum atomic E-state index is 13.1. The molecule has 0 radical (unpaired) electrons. The second-order valence-electron chi connectivity index (χ2n) is 8.12. The predicted molar refractivity (Wildman–Crippen MR) is 117 cm³/mol. The molecule has 1 saturated heterocycles. The van der Waals surface area contributed by atoms with E-state index in [1.165, 1.54) is 18.2 Å². The molecule has 0 unspecified atom stereocenters. The van der Waals surface area contributed by atoms with Crippen molar-refractivity contribution >= 4 is 34.5 Å². The fraction of sp³-hybridized carbons (Fsp3) is 0.522. The second-order valence-corrected chi connectivity index (χ2v) is 9.48. The third-order valence-corrected chi connectivity index (χ3v) is 6.88. The van der Waals surface area contributed by atoms with Crippen LogP contribution in [0.25, 0.3) is 10.9 Å². The molecule has 2 heterocycles. The van der Waals surface area contributed by atoms with Crippen molar-refractivity contribution in [3.63, 3.8) is 0 Å². The minimum absolute atomic E-state index is 0.0472. The number of likely N-dealkylation sites (tertiary alicyclic amines) is 1. The smallest absolute Gasteiger partial charge is 0.252 e. The highest BCUT2D eigenvalue weighted by atomic mass is 32.2. The molecule has 154 valence electrons. The lowest BCUT2D eigenvalue weighted by atomic mass is 10.00. The zero-order chi connectivity index (χ0) is 20.4. The van der Waals surface area contributed by atoms with Crippen molar-refractivity contribution in [1.82, 2.24) is 15.2 Å². The molecule has 29 heavy (non-hydrogen) atoms. The first-order chi connectivity index (χ1) is 14.1. The van der Waals surface area contributed by atoms with Gasteiger partial charge in [0.05, 0.1) is 21.4 Å². The number of thioether (sulfide) groups is 1. The Morgan fingerprint density at radius 3 is 2.79 bits per heavy atom. The van der Waals surface area contributed by atoms with E-state index in [0.717, 1.165) is 54.6 Å². The average molecular weight is 412 g/mol. The third kappa shape index (κ3) is 4.58. The maximum absolute atomic E-state index is 13.1. The van der Waals surface area contributed by atoms with Crippen LogP contribution in [0.2, 0.25) is 0 Å². The molecular weight excluding hydrogens is 382 g/mol. The van der Waals surface area contributed by atoms with Crippen LogP contribution in [0, 0.1) is 0 Å². The number of carbonyl (C=O) groups excluding carboxylic acids is 2. The van der Waals surface area contributed by atoms with E-state index in [1.54, 1.807) is 0 Å². The molecule has 1 aromatic heterocycles. The molecule has 1 N–H and O–H groups in total. The van der Waals surface area contributed by atoms with Crippen LogP contribution >= 0.6 is 11.8 Å². The molecule has 2 amide bonds. The summed E-state index contributed by atoms with van der Waals surface area (Å²) in [6.45, 7) is 4.96. The van der Waals surface area contributed by atoms with E-state index in [-0.39, 0.29) is 17.1 Å². The highest BCUT2D eigenvalue weighted by Crippen LogP contribution is 2.30. The Balaban J connectivity index is 1.56. The first-order valence-electron chi connectivity index (χ1n) is 10.7. The summed E-state index contributed by atoms with van der Waals surface area (Å²) >= 11 is 1.46. The number of amides is 2. The van der Waals surface area contributed by atoms with E-state index < -0.39 is 0 Å². The molecule has 0 spiro atoms. The summed E-state index contributed by atoms with van der Waals surface area (Å²) in [5.74, 6) is 0.134. The van der Waals surface area contributed by atoms with Gasteiger partial charge in [0.15, 0.2) is 0 Å². The average Bonchev–Trinajstić information content (AvgIpc) is 3.56. The number of pyridine rings is 1. The molecule has 5 nitrogen and oxygen atoms in total. The SMILES string of the molecule is CC[C@@H]1CCCCN1C(=O)[C@@H](C)Sc1cc(C(=O)NC2CC2)c2ccccc2n1. The maximum Gasteiger partial charge on any atom is 0.252 e. The van der Waals surface area contributed by atoms with Gasteiger partial charge < -0.3 is 10.2 Å². The van der Waals surface area contributed by atoms with Crippen molar-refractivity contribution < 1.29 is 9.59 Å². The van der Waals surface area contributed by atoms with Crippen LogP contribution in [0.3, 0.4) is 0 Å². The fourth-order valence-electron chi connectivity index (χ4n) is 4.07. The number of para-hydroxylation sites is 1. The Morgan fingerprint density at radius 1 is 1.24 bits per heavy atom. The molecule has 6 heteroatoms. The van der Waals surface area contributed by atoms with Gasteiger partial charge in [-0.3, -0.25) is 9.59 Å². The number of nitrogens with one attached hydrogen (secondary N) is 1. The van der Waals surface area contributed by atoms with Gasteiger partial charge in [0.1, 0.15) is 0 Å². The first kappa shape index (κ1) is 20.2. The normalized spacial score (nSPS) is 20.5. The van der Waals surface area contributed by atoms with E-state index in [9.17, 15) is 9.59 Å². The fourth-order valence-corrected chi connectivity index (χ4v) is 5.01. The molecule has 2 aromatic rings. The lowest BCUT2D eigenvalue weighted by Crippen LogP contribution is -2.46. The summed E-state index contributed by atoms with van der Waals surface area (Å²) in [6, 6.07) is 10.2. The van der Waals surface area contributed by atoms with Gasteiger partial charge in [0.25, 0.3) is 5.91 Å². The Bertz CT molecular complexity index is 912. The van der Waals surface area contributed by atoms with Gasteiger partial charge in [0, 0.05) is 24.0 Å². The first-order valence-corrected chi connectivity index (χ1v) is 11.6. The van der Waals surface area contributed by atoms with Gasteiger partial charge in [0.2, 0.25) is 5.91 Å².